The summed E-state index contributed by atoms with van der Waals surface area (Å²) in [5, 5.41) is 3.25. The Balaban J connectivity index is 1.72. The lowest BCUT2D eigenvalue weighted by molar-refractivity contribution is -0.128. The van der Waals surface area contributed by atoms with E-state index in [1.165, 1.54) is 11.0 Å². The van der Waals surface area contributed by atoms with Crippen LogP contribution in [0.1, 0.15) is 11.1 Å². The van der Waals surface area contributed by atoms with Gasteiger partial charge < -0.3 is 4.74 Å². The second-order valence-electron chi connectivity index (χ2n) is 6.01. The van der Waals surface area contributed by atoms with Gasteiger partial charge in [-0.1, -0.05) is 41.9 Å². The summed E-state index contributed by atoms with van der Waals surface area (Å²) in [5.41, 5.74) is 1.67. The summed E-state index contributed by atoms with van der Waals surface area (Å²) in [6, 6.07) is 14.5. The van der Waals surface area contributed by atoms with Gasteiger partial charge in [0, 0.05) is 11.6 Å². The summed E-state index contributed by atoms with van der Waals surface area (Å²) in [6.07, 6.45) is 3.07. The van der Waals surface area contributed by atoms with Crippen molar-refractivity contribution < 1.29 is 14.3 Å². The molecule has 1 aliphatic rings. The number of thiocarbonyl (C=S) groups is 1. The molecule has 7 heteroatoms. The van der Waals surface area contributed by atoms with Crippen molar-refractivity contribution in [1.29, 1.82) is 0 Å². The molecule has 0 unspecified atom stereocenters. The van der Waals surface area contributed by atoms with Gasteiger partial charge >= 0.3 is 0 Å². The summed E-state index contributed by atoms with van der Waals surface area (Å²) < 4.78 is 5.74. The zero-order chi connectivity index (χ0) is 20.1. The molecule has 0 radical (unpaired) electrons. The lowest BCUT2D eigenvalue weighted by Gasteiger charge is -2.27. The van der Waals surface area contributed by atoms with Crippen molar-refractivity contribution in [1.82, 2.24) is 10.2 Å². The molecular formula is C21H17ClN2O3S. The highest BCUT2D eigenvalue weighted by Gasteiger charge is 2.32. The van der Waals surface area contributed by atoms with Crippen LogP contribution in [-0.4, -0.2) is 28.4 Å². The van der Waals surface area contributed by atoms with E-state index < -0.39 is 11.8 Å². The van der Waals surface area contributed by atoms with Crippen LogP contribution in [0.25, 0.3) is 6.08 Å². The van der Waals surface area contributed by atoms with Gasteiger partial charge in [-0.3, -0.25) is 19.8 Å². The molecule has 0 aromatic heterocycles. The monoisotopic (exact) mass is 412 g/mol. The van der Waals surface area contributed by atoms with Crippen molar-refractivity contribution >= 4 is 46.8 Å². The molecule has 0 atom stereocenters. The van der Waals surface area contributed by atoms with Gasteiger partial charge in [0.25, 0.3) is 11.8 Å². The maximum atomic E-state index is 12.5. The Labute approximate surface area is 173 Å². The molecule has 2 aromatic carbocycles. The predicted octanol–water partition coefficient (Wildman–Crippen LogP) is 3.73. The second-order valence-corrected chi connectivity index (χ2v) is 6.83. The third-order valence-corrected chi connectivity index (χ3v) is 4.54. The molecule has 2 amide bonds. The topological polar surface area (TPSA) is 58.6 Å². The van der Waals surface area contributed by atoms with Crippen LogP contribution >= 0.6 is 23.8 Å². The lowest BCUT2D eigenvalue weighted by atomic mass is 10.1. The molecule has 0 aliphatic carbocycles. The van der Waals surface area contributed by atoms with Crippen LogP contribution in [-0.2, 0) is 16.2 Å². The van der Waals surface area contributed by atoms with E-state index in [0.717, 1.165) is 5.56 Å². The first kappa shape index (κ1) is 19.8. The molecule has 1 heterocycles. The molecule has 0 saturated carbocycles. The van der Waals surface area contributed by atoms with Crippen LogP contribution in [0.15, 0.2) is 66.8 Å². The predicted molar refractivity (Wildman–Crippen MR) is 113 cm³/mol. The maximum absolute atomic E-state index is 12.5. The van der Waals surface area contributed by atoms with E-state index in [9.17, 15) is 9.59 Å². The highest BCUT2D eigenvalue weighted by Crippen LogP contribution is 2.19. The summed E-state index contributed by atoms with van der Waals surface area (Å²) >= 11 is 11.0. The molecule has 0 bridgehead atoms. The Morgan fingerprint density at radius 3 is 2.61 bits per heavy atom. The zero-order valence-electron chi connectivity index (χ0n) is 14.9. The van der Waals surface area contributed by atoms with Crippen molar-refractivity contribution in [3.05, 3.63) is 82.9 Å². The minimum atomic E-state index is -0.517. The van der Waals surface area contributed by atoms with Crippen molar-refractivity contribution in [3.8, 4) is 5.75 Å². The van der Waals surface area contributed by atoms with E-state index in [1.807, 2.05) is 18.2 Å². The van der Waals surface area contributed by atoms with Gasteiger partial charge in [-0.25, -0.2) is 0 Å². The molecule has 1 fully saturated rings. The fraction of sp³-hybridized carbons (Fsp3) is 0.0952. The van der Waals surface area contributed by atoms with Gasteiger partial charge in [-0.05, 0) is 53.7 Å². The Hall–Kier alpha value is -2.96. The summed E-state index contributed by atoms with van der Waals surface area (Å²) in [6.45, 7) is 4.21. The van der Waals surface area contributed by atoms with Crippen molar-refractivity contribution in [2.24, 2.45) is 0 Å². The summed E-state index contributed by atoms with van der Waals surface area (Å²) in [4.78, 5) is 26.0. The number of nitrogens with zero attached hydrogens (tertiary/aromatic N) is 1. The van der Waals surface area contributed by atoms with Gasteiger partial charge in [0.05, 0.1) is 0 Å². The van der Waals surface area contributed by atoms with Gasteiger partial charge in [-0.15, -0.1) is 6.58 Å². The average Bonchev–Trinajstić information content (AvgIpc) is 2.68. The minimum Gasteiger partial charge on any atom is -0.489 e. The first-order valence-electron chi connectivity index (χ1n) is 8.45. The zero-order valence-corrected chi connectivity index (χ0v) is 16.4. The lowest BCUT2D eigenvalue weighted by Crippen LogP contribution is -2.53. The third kappa shape index (κ3) is 4.65. The number of hydrogen-bond acceptors (Lipinski definition) is 4. The number of halogens is 1. The second kappa shape index (κ2) is 8.82. The van der Waals surface area contributed by atoms with E-state index >= 15 is 0 Å². The quantitative estimate of drug-likeness (QED) is 0.340. The first-order chi connectivity index (χ1) is 13.5. The first-order valence-corrected chi connectivity index (χ1v) is 9.23. The fourth-order valence-corrected chi connectivity index (χ4v) is 3.07. The SMILES string of the molecule is C=CCN1C(=O)C(=Cc2ccc(OCc3cccc(Cl)c3)cc2)C(=O)NC1=S. The Kier molecular flexibility index (Phi) is 6.23. The number of carbonyl (C=O) groups is 2. The van der Waals surface area contributed by atoms with Crippen molar-refractivity contribution in [3.63, 3.8) is 0 Å². The summed E-state index contributed by atoms with van der Waals surface area (Å²) in [7, 11) is 0. The van der Waals surface area contributed by atoms with Crippen LogP contribution in [0.4, 0.5) is 0 Å². The van der Waals surface area contributed by atoms with Crippen LogP contribution < -0.4 is 10.1 Å². The van der Waals surface area contributed by atoms with Crippen LogP contribution in [0, 0.1) is 0 Å². The Morgan fingerprint density at radius 1 is 1.18 bits per heavy atom. The molecule has 1 aliphatic heterocycles. The highest BCUT2D eigenvalue weighted by molar-refractivity contribution is 7.80. The standard InChI is InChI=1S/C21H17ClN2O3S/c1-2-10-24-20(26)18(19(25)23-21(24)28)12-14-6-8-17(9-7-14)27-13-15-4-3-5-16(22)11-15/h2-9,11-12H,1,10,13H2,(H,23,25,28). The van der Waals surface area contributed by atoms with Gasteiger partial charge in [-0.2, -0.15) is 0 Å². The van der Waals surface area contributed by atoms with Gasteiger partial charge in [0.2, 0.25) is 0 Å². The van der Waals surface area contributed by atoms with Crippen molar-refractivity contribution in [2.75, 3.05) is 6.54 Å². The molecule has 0 spiro atoms. The number of nitrogens with one attached hydrogen (secondary N) is 1. The van der Waals surface area contributed by atoms with E-state index in [4.69, 9.17) is 28.6 Å². The number of carbonyl (C=O) groups excluding carboxylic acids is 2. The number of benzene rings is 2. The molecule has 142 valence electrons. The summed E-state index contributed by atoms with van der Waals surface area (Å²) in [5.74, 6) is -0.303. The Morgan fingerprint density at radius 2 is 1.93 bits per heavy atom. The third-order valence-electron chi connectivity index (χ3n) is 3.98. The molecule has 3 rings (SSSR count). The molecule has 1 N–H and O–H groups in total. The van der Waals surface area contributed by atoms with Gasteiger partial charge in [0.15, 0.2) is 5.11 Å². The molecule has 28 heavy (non-hydrogen) atoms. The maximum Gasteiger partial charge on any atom is 0.265 e. The van der Waals surface area contributed by atoms with E-state index in [0.29, 0.717) is 22.9 Å². The van der Waals surface area contributed by atoms with E-state index in [2.05, 4.69) is 11.9 Å². The van der Waals surface area contributed by atoms with Crippen LogP contribution in [0.2, 0.25) is 5.02 Å². The Bertz CT molecular complexity index is 970. The normalized spacial score (nSPS) is 15.5. The van der Waals surface area contributed by atoms with Gasteiger partial charge in [0.1, 0.15) is 17.9 Å². The highest BCUT2D eigenvalue weighted by atomic mass is 35.5. The molecule has 2 aromatic rings. The number of amides is 2. The molecule has 5 nitrogen and oxygen atoms in total. The largest absolute Gasteiger partial charge is 0.489 e. The fourth-order valence-electron chi connectivity index (χ4n) is 2.61. The number of ether oxygens (including phenoxy) is 1. The number of hydrogen-bond donors (Lipinski definition) is 1. The number of rotatable bonds is 6. The molecule has 1 saturated heterocycles. The minimum absolute atomic E-state index is 0.0167. The smallest absolute Gasteiger partial charge is 0.265 e. The molecular weight excluding hydrogens is 396 g/mol. The van der Waals surface area contributed by atoms with E-state index in [1.54, 1.807) is 36.4 Å². The average molecular weight is 413 g/mol. The van der Waals surface area contributed by atoms with Crippen LogP contribution in [0.5, 0.6) is 5.75 Å². The van der Waals surface area contributed by atoms with Crippen LogP contribution in [0.3, 0.4) is 0 Å². The van der Waals surface area contributed by atoms with Crippen molar-refractivity contribution in [2.45, 2.75) is 6.61 Å². The van der Waals surface area contributed by atoms with E-state index in [-0.39, 0.29) is 17.2 Å².